The second-order valence-corrected chi connectivity index (χ2v) is 7.65. The molecule has 2 rings (SSSR count). The maximum Gasteiger partial charge on any atom is 0.410 e. The van der Waals surface area contributed by atoms with Crippen molar-refractivity contribution in [3.63, 3.8) is 0 Å². The molecular formula is C16H26N2O2S. The topological polar surface area (TPSA) is 41.6 Å². The highest BCUT2D eigenvalue weighted by Crippen LogP contribution is 2.19. The number of likely N-dealkylation sites (tertiary alicyclic amines) is 1. The van der Waals surface area contributed by atoms with Crippen LogP contribution in [0.2, 0.25) is 0 Å². The minimum atomic E-state index is -0.407. The van der Waals surface area contributed by atoms with E-state index in [4.69, 9.17) is 4.74 Å². The Kier molecular flexibility index (Phi) is 5.65. The number of hydrogen-bond donors (Lipinski definition) is 1. The van der Waals surface area contributed by atoms with Gasteiger partial charge in [0.1, 0.15) is 5.60 Å². The van der Waals surface area contributed by atoms with Crippen molar-refractivity contribution in [2.45, 2.75) is 45.8 Å². The van der Waals surface area contributed by atoms with Gasteiger partial charge in [-0.2, -0.15) is 0 Å². The monoisotopic (exact) mass is 310 g/mol. The van der Waals surface area contributed by atoms with Crippen molar-refractivity contribution in [3.05, 3.63) is 22.4 Å². The molecule has 5 heteroatoms. The standard InChI is InChI=1S/C16H26N2O2S/c1-16(2,3)20-15(19)18-8-6-13(7-9-18)11-17-12-14-5-4-10-21-14/h4-5,10,13,17H,6-9,11-12H2,1-3H3. The molecule has 2 heterocycles. The van der Waals surface area contributed by atoms with E-state index in [1.165, 1.54) is 4.88 Å². The quantitative estimate of drug-likeness (QED) is 0.925. The Bertz CT molecular complexity index is 432. The van der Waals surface area contributed by atoms with Gasteiger partial charge in [0.15, 0.2) is 0 Å². The van der Waals surface area contributed by atoms with Gasteiger partial charge in [0.05, 0.1) is 0 Å². The molecule has 0 spiro atoms. The molecule has 0 aliphatic carbocycles. The number of ether oxygens (including phenoxy) is 1. The van der Waals surface area contributed by atoms with Crippen LogP contribution in [0.15, 0.2) is 17.5 Å². The minimum Gasteiger partial charge on any atom is -0.444 e. The molecule has 1 aromatic heterocycles. The molecular weight excluding hydrogens is 284 g/mol. The van der Waals surface area contributed by atoms with Gasteiger partial charge in [-0.3, -0.25) is 0 Å². The van der Waals surface area contributed by atoms with E-state index in [0.717, 1.165) is 39.0 Å². The van der Waals surface area contributed by atoms with Crippen molar-refractivity contribution in [3.8, 4) is 0 Å². The van der Waals surface area contributed by atoms with Crippen LogP contribution < -0.4 is 5.32 Å². The Morgan fingerprint density at radius 3 is 2.71 bits per heavy atom. The van der Waals surface area contributed by atoms with Crippen LogP contribution in [0.1, 0.15) is 38.5 Å². The van der Waals surface area contributed by atoms with Gasteiger partial charge < -0.3 is 15.0 Å². The van der Waals surface area contributed by atoms with Crippen LogP contribution in [0.4, 0.5) is 4.79 Å². The highest BCUT2D eigenvalue weighted by atomic mass is 32.1. The zero-order valence-corrected chi connectivity index (χ0v) is 14.0. The van der Waals surface area contributed by atoms with Gasteiger partial charge >= 0.3 is 6.09 Å². The fraction of sp³-hybridized carbons (Fsp3) is 0.688. The molecule has 1 N–H and O–H groups in total. The lowest BCUT2D eigenvalue weighted by Crippen LogP contribution is -2.43. The van der Waals surface area contributed by atoms with Crippen LogP contribution in [-0.4, -0.2) is 36.2 Å². The second-order valence-electron chi connectivity index (χ2n) is 6.62. The summed E-state index contributed by atoms with van der Waals surface area (Å²) < 4.78 is 5.42. The summed E-state index contributed by atoms with van der Waals surface area (Å²) >= 11 is 1.79. The fourth-order valence-corrected chi connectivity index (χ4v) is 3.13. The minimum absolute atomic E-state index is 0.174. The molecule has 0 radical (unpaired) electrons. The SMILES string of the molecule is CC(C)(C)OC(=O)N1CCC(CNCc2cccs2)CC1. The van der Waals surface area contributed by atoms with Crippen molar-refractivity contribution in [2.24, 2.45) is 5.92 Å². The molecule has 0 unspecified atom stereocenters. The lowest BCUT2D eigenvalue weighted by atomic mass is 9.97. The van der Waals surface area contributed by atoms with Crippen LogP contribution >= 0.6 is 11.3 Å². The van der Waals surface area contributed by atoms with E-state index >= 15 is 0 Å². The number of amides is 1. The summed E-state index contributed by atoms with van der Waals surface area (Å²) in [4.78, 5) is 15.2. The highest BCUT2D eigenvalue weighted by Gasteiger charge is 2.26. The molecule has 0 saturated carbocycles. The summed E-state index contributed by atoms with van der Waals surface area (Å²) in [5.74, 6) is 0.656. The molecule has 1 saturated heterocycles. The average Bonchev–Trinajstić information content (AvgIpc) is 2.91. The van der Waals surface area contributed by atoms with E-state index in [1.807, 2.05) is 25.7 Å². The largest absolute Gasteiger partial charge is 0.444 e. The van der Waals surface area contributed by atoms with E-state index in [0.29, 0.717) is 5.92 Å². The van der Waals surface area contributed by atoms with Gasteiger partial charge in [0, 0.05) is 24.5 Å². The van der Waals surface area contributed by atoms with E-state index in [-0.39, 0.29) is 6.09 Å². The molecule has 1 aliphatic rings. The van der Waals surface area contributed by atoms with E-state index in [9.17, 15) is 4.79 Å². The van der Waals surface area contributed by atoms with Crippen molar-refractivity contribution >= 4 is 17.4 Å². The fourth-order valence-electron chi connectivity index (χ4n) is 2.46. The van der Waals surface area contributed by atoms with Crippen molar-refractivity contribution < 1.29 is 9.53 Å². The summed E-state index contributed by atoms with van der Waals surface area (Å²) in [7, 11) is 0. The summed E-state index contributed by atoms with van der Waals surface area (Å²) in [6.45, 7) is 9.31. The van der Waals surface area contributed by atoms with Crippen molar-refractivity contribution in [1.82, 2.24) is 10.2 Å². The summed E-state index contributed by atoms with van der Waals surface area (Å²) in [6, 6.07) is 4.24. The summed E-state index contributed by atoms with van der Waals surface area (Å²) in [5.41, 5.74) is -0.407. The first kappa shape index (κ1) is 16.3. The first-order valence-electron chi connectivity index (χ1n) is 7.65. The normalized spacial score (nSPS) is 17.0. The van der Waals surface area contributed by atoms with Crippen LogP contribution in [0, 0.1) is 5.92 Å². The number of nitrogens with one attached hydrogen (secondary N) is 1. The Morgan fingerprint density at radius 2 is 2.14 bits per heavy atom. The molecule has 1 aromatic rings. The molecule has 0 atom stereocenters. The zero-order chi connectivity index (χ0) is 15.3. The highest BCUT2D eigenvalue weighted by molar-refractivity contribution is 7.09. The van der Waals surface area contributed by atoms with Gasteiger partial charge in [0.25, 0.3) is 0 Å². The molecule has 4 nitrogen and oxygen atoms in total. The Morgan fingerprint density at radius 1 is 1.43 bits per heavy atom. The second kappa shape index (κ2) is 7.27. The molecule has 1 fully saturated rings. The first-order chi connectivity index (χ1) is 9.94. The lowest BCUT2D eigenvalue weighted by molar-refractivity contribution is 0.0184. The molecule has 1 aliphatic heterocycles. The number of carbonyl (C=O) groups excluding carboxylic acids is 1. The summed E-state index contributed by atoms with van der Waals surface area (Å²) in [6.07, 6.45) is 1.93. The van der Waals surface area contributed by atoms with Crippen molar-refractivity contribution in [2.75, 3.05) is 19.6 Å². The van der Waals surface area contributed by atoms with E-state index in [1.54, 1.807) is 11.3 Å². The Balaban J connectivity index is 1.65. The molecule has 0 bridgehead atoms. The average molecular weight is 310 g/mol. The van der Waals surface area contributed by atoms with Gasteiger partial charge in [0.2, 0.25) is 0 Å². The van der Waals surface area contributed by atoms with E-state index < -0.39 is 5.60 Å². The Hall–Kier alpha value is -1.07. The van der Waals surface area contributed by atoms with Gasteiger partial charge in [-0.1, -0.05) is 6.07 Å². The third kappa shape index (κ3) is 5.67. The number of carbonyl (C=O) groups is 1. The van der Waals surface area contributed by atoms with Crippen molar-refractivity contribution in [1.29, 1.82) is 0 Å². The maximum atomic E-state index is 12.0. The third-order valence-electron chi connectivity index (χ3n) is 3.58. The van der Waals surface area contributed by atoms with Gasteiger partial charge in [-0.05, 0) is 57.5 Å². The predicted octanol–water partition coefficient (Wildman–Crippen LogP) is 3.48. The Labute approximate surface area is 131 Å². The number of piperidine rings is 1. The zero-order valence-electron chi connectivity index (χ0n) is 13.2. The van der Waals surface area contributed by atoms with E-state index in [2.05, 4.69) is 22.8 Å². The molecule has 118 valence electrons. The third-order valence-corrected chi connectivity index (χ3v) is 4.45. The number of rotatable bonds is 4. The lowest BCUT2D eigenvalue weighted by Gasteiger charge is -2.33. The number of hydrogen-bond acceptors (Lipinski definition) is 4. The summed E-state index contributed by atoms with van der Waals surface area (Å²) in [5, 5.41) is 5.62. The maximum absolute atomic E-state index is 12.0. The number of thiophene rings is 1. The molecule has 0 aromatic carbocycles. The van der Waals surface area contributed by atoms with Crippen LogP contribution in [0.25, 0.3) is 0 Å². The van der Waals surface area contributed by atoms with Crippen LogP contribution in [0.5, 0.6) is 0 Å². The number of nitrogens with zero attached hydrogens (tertiary/aromatic N) is 1. The van der Waals surface area contributed by atoms with Crippen LogP contribution in [-0.2, 0) is 11.3 Å². The molecule has 21 heavy (non-hydrogen) atoms. The first-order valence-corrected chi connectivity index (χ1v) is 8.53. The molecule has 1 amide bonds. The van der Waals surface area contributed by atoms with Crippen LogP contribution in [0.3, 0.4) is 0 Å². The smallest absolute Gasteiger partial charge is 0.410 e. The predicted molar refractivity (Wildman–Crippen MR) is 86.6 cm³/mol. The van der Waals surface area contributed by atoms with Gasteiger partial charge in [-0.15, -0.1) is 11.3 Å². The van der Waals surface area contributed by atoms with Gasteiger partial charge in [-0.25, -0.2) is 4.79 Å².